The molecule has 1 saturated carbocycles. The van der Waals surface area contributed by atoms with E-state index in [4.69, 9.17) is 0 Å². The molecule has 1 aromatic rings. The Kier molecular flexibility index (Phi) is 4.48. The summed E-state index contributed by atoms with van der Waals surface area (Å²) in [5.41, 5.74) is 0.580. The summed E-state index contributed by atoms with van der Waals surface area (Å²) in [7, 11) is 0. The van der Waals surface area contributed by atoms with Crippen LogP contribution in [0.15, 0.2) is 30.9 Å². The van der Waals surface area contributed by atoms with Gasteiger partial charge in [-0.2, -0.15) is 11.8 Å². The van der Waals surface area contributed by atoms with Crippen LogP contribution in [-0.2, 0) is 11.3 Å². The van der Waals surface area contributed by atoms with Crippen LogP contribution >= 0.6 is 11.8 Å². The Labute approximate surface area is 121 Å². The van der Waals surface area contributed by atoms with Gasteiger partial charge in [0.05, 0.1) is 0 Å². The van der Waals surface area contributed by atoms with Crippen molar-refractivity contribution in [1.82, 2.24) is 4.90 Å². The molecule has 5 heteroatoms. The first-order valence-electron chi connectivity index (χ1n) is 6.40. The lowest BCUT2D eigenvalue weighted by Crippen LogP contribution is -2.35. The van der Waals surface area contributed by atoms with E-state index in [9.17, 15) is 13.6 Å². The summed E-state index contributed by atoms with van der Waals surface area (Å²) in [6, 6.07) is 3.72. The smallest absolute Gasteiger partial charge is 0.246 e. The van der Waals surface area contributed by atoms with Crippen LogP contribution in [0.5, 0.6) is 0 Å². The normalized spacial score (nSPS) is 15.8. The number of halogens is 2. The van der Waals surface area contributed by atoms with Gasteiger partial charge in [-0.3, -0.25) is 4.79 Å². The number of nitrogens with zero attached hydrogens (tertiary/aromatic N) is 1. The Hall–Kier alpha value is -1.36. The van der Waals surface area contributed by atoms with Gasteiger partial charge < -0.3 is 4.90 Å². The molecule has 0 bridgehead atoms. The highest BCUT2D eigenvalue weighted by Gasteiger charge is 2.43. The molecule has 1 amide bonds. The average molecular weight is 297 g/mol. The maximum atomic E-state index is 13.2. The van der Waals surface area contributed by atoms with Gasteiger partial charge in [-0.05, 0) is 42.9 Å². The van der Waals surface area contributed by atoms with Crippen molar-refractivity contribution in [2.75, 3.05) is 12.8 Å². The van der Waals surface area contributed by atoms with Crippen molar-refractivity contribution in [1.29, 1.82) is 0 Å². The minimum Gasteiger partial charge on any atom is -0.333 e. The number of hydrogen-bond donors (Lipinski definition) is 0. The monoisotopic (exact) mass is 297 g/mol. The molecule has 1 fully saturated rings. The van der Waals surface area contributed by atoms with E-state index >= 15 is 0 Å². The van der Waals surface area contributed by atoms with Gasteiger partial charge in [-0.25, -0.2) is 8.78 Å². The zero-order valence-electron chi connectivity index (χ0n) is 11.4. The summed E-state index contributed by atoms with van der Waals surface area (Å²) < 4.78 is 26.3. The molecule has 1 aromatic carbocycles. The van der Waals surface area contributed by atoms with Crippen molar-refractivity contribution < 1.29 is 13.6 Å². The molecule has 0 spiro atoms. The third kappa shape index (κ3) is 3.39. The van der Waals surface area contributed by atoms with E-state index in [0.717, 1.165) is 25.0 Å². The van der Waals surface area contributed by atoms with Crippen LogP contribution in [0.1, 0.15) is 18.4 Å². The summed E-state index contributed by atoms with van der Waals surface area (Å²) in [6.45, 7) is 4.38. The molecular weight excluding hydrogens is 280 g/mol. The fraction of sp³-hybridized carbons (Fsp3) is 0.400. The molecule has 0 radical (unpaired) electrons. The van der Waals surface area contributed by atoms with Crippen molar-refractivity contribution in [3.05, 3.63) is 48.1 Å². The van der Waals surface area contributed by atoms with Gasteiger partial charge in [0.25, 0.3) is 0 Å². The van der Waals surface area contributed by atoms with E-state index in [2.05, 4.69) is 6.58 Å². The SMILES string of the molecule is C=CC(=O)N(Cc1ccc(F)c(F)c1)CC1(SC)CC1. The maximum Gasteiger partial charge on any atom is 0.246 e. The summed E-state index contributed by atoms with van der Waals surface area (Å²) in [6.07, 6.45) is 5.44. The molecule has 2 nitrogen and oxygen atoms in total. The Balaban J connectivity index is 2.12. The molecule has 0 unspecified atom stereocenters. The molecule has 2 rings (SSSR count). The van der Waals surface area contributed by atoms with E-state index in [0.29, 0.717) is 12.1 Å². The number of benzene rings is 1. The Morgan fingerprint density at radius 2 is 2.15 bits per heavy atom. The number of rotatable bonds is 6. The van der Waals surface area contributed by atoms with Crippen LogP contribution in [0.4, 0.5) is 8.78 Å². The van der Waals surface area contributed by atoms with E-state index in [1.54, 1.807) is 16.7 Å². The number of amides is 1. The van der Waals surface area contributed by atoms with Gasteiger partial charge in [0.15, 0.2) is 11.6 Å². The van der Waals surface area contributed by atoms with Crippen molar-refractivity contribution >= 4 is 17.7 Å². The third-order valence-electron chi connectivity index (χ3n) is 3.56. The molecule has 20 heavy (non-hydrogen) atoms. The Bertz CT molecular complexity index is 529. The van der Waals surface area contributed by atoms with E-state index in [1.165, 1.54) is 12.1 Å². The molecule has 0 heterocycles. The first-order chi connectivity index (χ1) is 9.49. The largest absolute Gasteiger partial charge is 0.333 e. The second kappa shape index (κ2) is 5.95. The number of carbonyl (C=O) groups excluding carboxylic acids is 1. The zero-order valence-corrected chi connectivity index (χ0v) is 12.2. The van der Waals surface area contributed by atoms with Crippen LogP contribution in [-0.4, -0.2) is 28.4 Å². The van der Waals surface area contributed by atoms with Gasteiger partial charge in [-0.1, -0.05) is 12.6 Å². The molecule has 0 atom stereocenters. The minimum atomic E-state index is -0.889. The Morgan fingerprint density at radius 1 is 1.45 bits per heavy atom. The van der Waals surface area contributed by atoms with Gasteiger partial charge in [-0.15, -0.1) is 0 Å². The lowest BCUT2D eigenvalue weighted by molar-refractivity contribution is -0.126. The average Bonchev–Trinajstić information content (AvgIpc) is 3.21. The lowest BCUT2D eigenvalue weighted by atomic mass is 10.2. The van der Waals surface area contributed by atoms with Crippen LogP contribution in [0.25, 0.3) is 0 Å². The maximum absolute atomic E-state index is 13.2. The second-order valence-electron chi connectivity index (χ2n) is 5.03. The van der Waals surface area contributed by atoms with Gasteiger partial charge in [0.2, 0.25) is 5.91 Å². The summed E-state index contributed by atoms with van der Waals surface area (Å²) >= 11 is 1.75. The molecule has 1 aliphatic rings. The molecule has 0 saturated heterocycles. The van der Waals surface area contributed by atoms with Crippen LogP contribution in [0, 0.1) is 11.6 Å². The lowest BCUT2D eigenvalue weighted by Gasteiger charge is -2.26. The molecule has 0 N–H and O–H groups in total. The quantitative estimate of drug-likeness (QED) is 0.750. The Morgan fingerprint density at radius 3 is 2.65 bits per heavy atom. The fourth-order valence-corrected chi connectivity index (χ4v) is 2.91. The zero-order chi connectivity index (χ0) is 14.8. The summed E-state index contributed by atoms with van der Waals surface area (Å²) in [4.78, 5) is 13.6. The third-order valence-corrected chi connectivity index (χ3v) is 4.97. The predicted octanol–water partition coefficient (Wildman–Crippen LogP) is 3.38. The topological polar surface area (TPSA) is 20.3 Å². The minimum absolute atomic E-state index is 0.122. The number of carbonyl (C=O) groups is 1. The standard InChI is InChI=1S/C15H17F2NOS/c1-3-14(19)18(10-15(20-2)6-7-15)9-11-4-5-12(16)13(17)8-11/h3-5,8H,1,6-7,9-10H2,2H3. The van der Waals surface area contributed by atoms with Crippen molar-refractivity contribution in [2.24, 2.45) is 0 Å². The molecule has 1 aliphatic carbocycles. The predicted molar refractivity (Wildman–Crippen MR) is 77.5 cm³/mol. The van der Waals surface area contributed by atoms with Gasteiger partial charge >= 0.3 is 0 Å². The van der Waals surface area contributed by atoms with E-state index in [-0.39, 0.29) is 17.2 Å². The highest BCUT2D eigenvalue weighted by molar-refractivity contribution is 8.00. The second-order valence-corrected chi connectivity index (χ2v) is 6.31. The fourth-order valence-electron chi connectivity index (χ4n) is 2.11. The first kappa shape index (κ1) is 15.0. The molecule has 0 aliphatic heterocycles. The van der Waals surface area contributed by atoms with Crippen molar-refractivity contribution in [3.8, 4) is 0 Å². The van der Waals surface area contributed by atoms with Crippen LogP contribution in [0.2, 0.25) is 0 Å². The highest BCUT2D eigenvalue weighted by Crippen LogP contribution is 2.47. The number of thioether (sulfide) groups is 1. The molecule has 0 aromatic heterocycles. The van der Waals surface area contributed by atoms with E-state index < -0.39 is 11.6 Å². The van der Waals surface area contributed by atoms with Crippen LogP contribution < -0.4 is 0 Å². The van der Waals surface area contributed by atoms with Crippen molar-refractivity contribution in [3.63, 3.8) is 0 Å². The number of hydrogen-bond acceptors (Lipinski definition) is 2. The van der Waals surface area contributed by atoms with Gasteiger partial charge in [0, 0.05) is 17.8 Å². The van der Waals surface area contributed by atoms with Crippen LogP contribution in [0.3, 0.4) is 0 Å². The van der Waals surface area contributed by atoms with Gasteiger partial charge in [0.1, 0.15) is 0 Å². The first-order valence-corrected chi connectivity index (χ1v) is 7.62. The molecule has 108 valence electrons. The summed E-state index contributed by atoms with van der Waals surface area (Å²) in [5, 5.41) is 0. The highest BCUT2D eigenvalue weighted by atomic mass is 32.2. The summed E-state index contributed by atoms with van der Waals surface area (Å²) in [5.74, 6) is -1.95. The van der Waals surface area contributed by atoms with Crippen molar-refractivity contribution in [2.45, 2.75) is 24.1 Å². The molecular formula is C15H17F2NOS. The van der Waals surface area contributed by atoms with E-state index in [1.807, 2.05) is 6.26 Å².